The number of ketones is 1. The van der Waals surface area contributed by atoms with Crippen molar-refractivity contribution in [3.8, 4) is 0 Å². The van der Waals surface area contributed by atoms with Crippen molar-refractivity contribution in [2.24, 2.45) is 0 Å². The number of carbonyl (C=O) groups is 3. The molecule has 1 N–H and O–H groups in total. The van der Waals surface area contributed by atoms with Crippen LogP contribution in [0.3, 0.4) is 0 Å². The van der Waals surface area contributed by atoms with Gasteiger partial charge < -0.3 is 5.32 Å². The highest BCUT2D eigenvalue weighted by atomic mass is 35.5. The Labute approximate surface area is 226 Å². The predicted octanol–water partition coefficient (Wildman–Crippen LogP) is 5.37. The number of halogens is 1. The van der Waals surface area contributed by atoms with Crippen LogP contribution in [0.5, 0.6) is 0 Å². The number of anilines is 1. The number of carbonyl (C=O) groups excluding carboxylic acids is 3. The molecule has 38 heavy (non-hydrogen) atoms. The van der Waals surface area contributed by atoms with Gasteiger partial charge in [0, 0.05) is 27.4 Å². The van der Waals surface area contributed by atoms with Gasteiger partial charge in [-0.3, -0.25) is 19.3 Å². The number of benzene rings is 3. The summed E-state index contributed by atoms with van der Waals surface area (Å²) < 4.78 is 1.51. The van der Waals surface area contributed by atoms with E-state index in [0.717, 1.165) is 0 Å². The van der Waals surface area contributed by atoms with E-state index < -0.39 is 17.5 Å². The molecule has 4 aromatic rings. The first-order chi connectivity index (χ1) is 18.1. The van der Waals surface area contributed by atoms with Crippen LogP contribution in [-0.4, -0.2) is 38.1 Å². The summed E-state index contributed by atoms with van der Waals surface area (Å²) in [6.07, 6.45) is 0.681. The molecule has 0 aliphatic rings. The topological polar surface area (TPSA) is 97.2 Å². The third-order valence-corrected chi connectivity index (χ3v) is 6.92. The van der Waals surface area contributed by atoms with Crippen LogP contribution in [0.15, 0.2) is 72.8 Å². The van der Waals surface area contributed by atoms with Gasteiger partial charge >= 0.3 is 0 Å². The zero-order chi connectivity index (χ0) is 27.4. The Hall–Kier alpha value is -4.04. The van der Waals surface area contributed by atoms with Crippen LogP contribution in [0, 0.1) is 0 Å². The van der Waals surface area contributed by atoms with Crippen LogP contribution in [0.2, 0.25) is 5.02 Å². The molecule has 4 rings (SSSR count). The van der Waals surface area contributed by atoms with Crippen molar-refractivity contribution >= 4 is 45.9 Å². The first kappa shape index (κ1) is 27.0. The summed E-state index contributed by atoms with van der Waals surface area (Å²) in [7, 11) is 0. The number of hydrogen-bond donors (Lipinski definition) is 1. The molecule has 0 unspecified atom stereocenters. The minimum absolute atomic E-state index is 0.103. The fourth-order valence-corrected chi connectivity index (χ4v) is 4.36. The quantitative estimate of drug-likeness (QED) is 0.293. The highest BCUT2D eigenvalue weighted by molar-refractivity contribution is 6.31. The fourth-order valence-electron chi connectivity index (χ4n) is 4.12. The van der Waals surface area contributed by atoms with E-state index >= 15 is 0 Å². The lowest BCUT2D eigenvalue weighted by Crippen LogP contribution is -2.51. The monoisotopic (exact) mass is 531 g/mol. The molecule has 0 aliphatic heterocycles. The number of fused-ring (bicyclic) bond motifs is 1. The average molecular weight is 532 g/mol. The van der Waals surface area contributed by atoms with Gasteiger partial charge in [0.15, 0.2) is 5.78 Å². The Morgan fingerprint density at radius 1 is 1.00 bits per heavy atom. The van der Waals surface area contributed by atoms with Gasteiger partial charge in [0.1, 0.15) is 18.1 Å². The van der Waals surface area contributed by atoms with Gasteiger partial charge in [0.2, 0.25) is 11.8 Å². The van der Waals surface area contributed by atoms with Gasteiger partial charge in [0.25, 0.3) is 0 Å². The van der Waals surface area contributed by atoms with Crippen LogP contribution in [-0.2, 0) is 16.1 Å². The lowest BCUT2D eigenvalue weighted by molar-refractivity contribution is -0.128. The summed E-state index contributed by atoms with van der Waals surface area (Å²) in [5.41, 5.74) is 2.24. The zero-order valence-corrected chi connectivity index (χ0v) is 22.6. The zero-order valence-electron chi connectivity index (χ0n) is 21.8. The molecule has 3 aromatic carbocycles. The van der Waals surface area contributed by atoms with E-state index in [1.165, 1.54) is 16.5 Å². The molecule has 196 valence electrons. The van der Waals surface area contributed by atoms with Gasteiger partial charge in [-0.15, -0.1) is 5.10 Å². The van der Waals surface area contributed by atoms with Crippen LogP contribution in [0.1, 0.15) is 56.1 Å². The standard InChI is InChI=1S/C29H30ClN5O3/c1-5-29(3,4)31-28(38)27(22-10-6-7-11-23(22)30)35(21-16-14-20(15-17-21)19(2)36)26(37)18-34-25-13-9-8-12-24(25)32-33-34/h6-17,27H,5,18H2,1-4H3,(H,31,38)/t27-/m0/s1. The highest BCUT2D eigenvalue weighted by Gasteiger charge is 2.36. The molecular formula is C29H30ClN5O3. The Kier molecular flexibility index (Phi) is 7.92. The van der Waals surface area contributed by atoms with Crippen LogP contribution in [0.4, 0.5) is 5.69 Å². The van der Waals surface area contributed by atoms with E-state index in [1.807, 2.05) is 45.0 Å². The van der Waals surface area contributed by atoms with Crippen molar-refractivity contribution in [3.05, 3.63) is 88.9 Å². The molecule has 0 fully saturated rings. The average Bonchev–Trinajstić information content (AvgIpc) is 3.30. The summed E-state index contributed by atoms with van der Waals surface area (Å²) in [5.74, 6) is -0.878. The van der Waals surface area contributed by atoms with Gasteiger partial charge in [0.05, 0.1) is 5.52 Å². The fraction of sp³-hybridized carbons (Fsp3) is 0.276. The summed E-state index contributed by atoms with van der Waals surface area (Å²) in [4.78, 5) is 41.3. The van der Waals surface area contributed by atoms with Gasteiger partial charge in [-0.2, -0.15) is 0 Å². The lowest BCUT2D eigenvalue weighted by Gasteiger charge is -2.35. The Balaban J connectivity index is 1.85. The first-order valence-corrected chi connectivity index (χ1v) is 12.8. The SMILES string of the molecule is CCC(C)(C)NC(=O)[C@H](c1ccccc1Cl)N(C(=O)Cn1nnc2ccccc21)c1ccc(C(C)=O)cc1. The lowest BCUT2D eigenvalue weighted by atomic mass is 9.98. The van der Waals surface area contributed by atoms with E-state index in [4.69, 9.17) is 11.6 Å². The molecule has 2 amide bonds. The minimum Gasteiger partial charge on any atom is -0.349 e. The number of Topliss-reactive ketones (excluding diaryl/α,β-unsaturated/α-hetero) is 1. The third kappa shape index (κ3) is 5.75. The molecule has 8 nitrogen and oxygen atoms in total. The third-order valence-electron chi connectivity index (χ3n) is 6.58. The summed E-state index contributed by atoms with van der Waals surface area (Å²) >= 11 is 6.60. The van der Waals surface area contributed by atoms with Crippen molar-refractivity contribution in [3.63, 3.8) is 0 Å². The number of nitrogens with zero attached hydrogens (tertiary/aromatic N) is 4. The second kappa shape index (κ2) is 11.1. The van der Waals surface area contributed by atoms with Gasteiger partial charge in [-0.1, -0.05) is 54.1 Å². The summed E-state index contributed by atoms with van der Waals surface area (Å²) in [6.45, 7) is 7.12. The van der Waals surface area contributed by atoms with Crippen LogP contribution < -0.4 is 10.2 Å². The number of para-hydroxylation sites is 1. The molecule has 0 saturated carbocycles. The van der Waals surface area contributed by atoms with Gasteiger partial charge in [-0.25, -0.2) is 4.68 Å². The van der Waals surface area contributed by atoms with E-state index in [2.05, 4.69) is 15.6 Å². The molecule has 1 atom stereocenters. The van der Waals surface area contributed by atoms with Crippen molar-refractivity contribution < 1.29 is 14.4 Å². The van der Waals surface area contributed by atoms with E-state index in [0.29, 0.717) is 39.3 Å². The number of aromatic nitrogens is 3. The maximum atomic E-state index is 14.1. The molecule has 9 heteroatoms. The molecule has 0 spiro atoms. The summed E-state index contributed by atoms with van der Waals surface area (Å²) in [5, 5.41) is 11.7. The number of hydrogen-bond acceptors (Lipinski definition) is 5. The first-order valence-electron chi connectivity index (χ1n) is 12.4. The second-order valence-corrected chi connectivity index (χ2v) is 10.2. The maximum Gasteiger partial charge on any atom is 0.249 e. The number of amides is 2. The number of nitrogens with one attached hydrogen (secondary N) is 1. The molecule has 0 saturated heterocycles. The van der Waals surface area contributed by atoms with E-state index in [9.17, 15) is 14.4 Å². The Morgan fingerprint density at radius 2 is 1.66 bits per heavy atom. The Morgan fingerprint density at radius 3 is 2.32 bits per heavy atom. The van der Waals surface area contributed by atoms with Crippen molar-refractivity contribution in [2.45, 2.75) is 52.2 Å². The molecule has 0 bridgehead atoms. The van der Waals surface area contributed by atoms with Gasteiger partial charge in [-0.05, 0) is 69.7 Å². The number of rotatable bonds is 9. The van der Waals surface area contributed by atoms with E-state index in [-0.39, 0.29) is 18.2 Å². The van der Waals surface area contributed by atoms with Crippen LogP contribution in [0.25, 0.3) is 11.0 Å². The van der Waals surface area contributed by atoms with Crippen molar-refractivity contribution in [1.82, 2.24) is 20.3 Å². The summed E-state index contributed by atoms with van der Waals surface area (Å²) in [6, 6.07) is 19.8. The Bertz CT molecular complexity index is 1480. The normalized spacial score (nSPS) is 12.2. The minimum atomic E-state index is -1.08. The largest absolute Gasteiger partial charge is 0.349 e. The maximum absolute atomic E-state index is 14.1. The molecular weight excluding hydrogens is 502 g/mol. The predicted molar refractivity (Wildman–Crippen MR) is 148 cm³/mol. The van der Waals surface area contributed by atoms with E-state index in [1.54, 1.807) is 48.5 Å². The smallest absolute Gasteiger partial charge is 0.249 e. The molecule has 1 aromatic heterocycles. The van der Waals surface area contributed by atoms with Crippen LogP contribution >= 0.6 is 11.6 Å². The van der Waals surface area contributed by atoms with Crippen molar-refractivity contribution in [1.29, 1.82) is 0 Å². The second-order valence-electron chi connectivity index (χ2n) is 9.75. The molecule has 0 aliphatic carbocycles. The highest BCUT2D eigenvalue weighted by Crippen LogP contribution is 2.33. The molecule has 0 radical (unpaired) electrons. The molecule has 1 heterocycles. The van der Waals surface area contributed by atoms with Crippen molar-refractivity contribution in [2.75, 3.05) is 4.90 Å².